The van der Waals surface area contributed by atoms with Gasteiger partial charge in [0.1, 0.15) is 0 Å². The molecule has 0 spiro atoms. The molecule has 0 fully saturated rings. The van der Waals surface area contributed by atoms with Crippen LogP contribution in [0.15, 0.2) is 30.6 Å². The first-order chi connectivity index (χ1) is 5.33. The standard InChI is InChI=1S/C10H13N/c1-3-4-5-10-6-9(2)7-11-8-10/h3-4,6-8H,5H2,1-2H3. The molecule has 0 N–H and O–H groups in total. The molecule has 58 valence electrons. The fourth-order valence-electron chi connectivity index (χ4n) is 0.983. The van der Waals surface area contributed by atoms with Crippen LogP contribution in [0, 0.1) is 6.92 Å². The van der Waals surface area contributed by atoms with Crippen LogP contribution < -0.4 is 0 Å². The van der Waals surface area contributed by atoms with Gasteiger partial charge in [0.25, 0.3) is 0 Å². The Morgan fingerprint density at radius 1 is 1.45 bits per heavy atom. The summed E-state index contributed by atoms with van der Waals surface area (Å²) in [6.45, 7) is 4.09. The van der Waals surface area contributed by atoms with Crippen LogP contribution in [0.4, 0.5) is 0 Å². The van der Waals surface area contributed by atoms with Crippen LogP contribution in [0.2, 0.25) is 0 Å². The van der Waals surface area contributed by atoms with Crippen LogP contribution in [-0.4, -0.2) is 4.98 Å². The molecule has 0 saturated heterocycles. The molecule has 0 aliphatic carbocycles. The van der Waals surface area contributed by atoms with E-state index in [1.165, 1.54) is 11.1 Å². The van der Waals surface area contributed by atoms with Crippen LogP contribution >= 0.6 is 0 Å². The maximum Gasteiger partial charge on any atom is 0.0303 e. The average Bonchev–Trinajstić information content (AvgIpc) is 2.01. The van der Waals surface area contributed by atoms with Crippen molar-refractivity contribution in [2.75, 3.05) is 0 Å². The molecule has 0 bridgehead atoms. The van der Waals surface area contributed by atoms with Gasteiger partial charge in [0, 0.05) is 12.4 Å². The van der Waals surface area contributed by atoms with E-state index in [-0.39, 0.29) is 0 Å². The highest BCUT2D eigenvalue weighted by Crippen LogP contribution is 2.02. The predicted octanol–water partition coefficient (Wildman–Crippen LogP) is 2.51. The molecule has 1 rings (SSSR count). The van der Waals surface area contributed by atoms with Crippen molar-refractivity contribution in [2.24, 2.45) is 0 Å². The van der Waals surface area contributed by atoms with E-state index in [1.807, 2.05) is 19.3 Å². The summed E-state index contributed by atoms with van der Waals surface area (Å²) < 4.78 is 0. The van der Waals surface area contributed by atoms with Gasteiger partial charge in [0.05, 0.1) is 0 Å². The number of hydrogen-bond donors (Lipinski definition) is 0. The molecule has 1 heteroatoms. The topological polar surface area (TPSA) is 12.9 Å². The van der Waals surface area contributed by atoms with Gasteiger partial charge < -0.3 is 0 Å². The van der Waals surface area contributed by atoms with Crippen molar-refractivity contribution in [1.82, 2.24) is 4.98 Å². The SMILES string of the molecule is CC=CCc1cncc(C)c1. The zero-order valence-corrected chi connectivity index (χ0v) is 7.04. The molecule has 0 radical (unpaired) electrons. The number of nitrogens with zero attached hydrogens (tertiary/aromatic N) is 1. The van der Waals surface area contributed by atoms with Gasteiger partial charge in [-0.1, -0.05) is 18.2 Å². The Bertz CT molecular complexity index is 251. The van der Waals surface area contributed by atoms with Gasteiger partial charge >= 0.3 is 0 Å². The Morgan fingerprint density at radius 3 is 2.91 bits per heavy atom. The Balaban J connectivity index is 2.71. The summed E-state index contributed by atoms with van der Waals surface area (Å²) in [6, 6.07) is 2.16. The monoisotopic (exact) mass is 147 g/mol. The minimum atomic E-state index is 0.991. The summed E-state index contributed by atoms with van der Waals surface area (Å²) >= 11 is 0. The lowest BCUT2D eigenvalue weighted by Gasteiger charge is -1.95. The molecular weight excluding hydrogens is 134 g/mol. The van der Waals surface area contributed by atoms with Crippen LogP contribution in [-0.2, 0) is 6.42 Å². The number of hydrogen-bond acceptors (Lipinski definition) is 1. The minimum absolute atomic E-state index is 0.991. The molecule has 11 heavy (non-hydrogen) atoms. The van der Waals surface area contributed by atoms with Gasteiger partial charge in [-0.25, -0.2) is 0 Å². The minimum Gasteiger partial charge on any atom is -0.264 e. The molecule has 0 aliphatic heterocycles. The molecule has 0 unspecified atom stereocenters. The number of rotatable bonds is 2. The first-order valence-electron chi connectivity index (χ1n) is 3.84. The van der Waals surface area contributed by atoms with E-state index < -0.39 is 0 Å². The largest absolute Gasteiger partial charge is 0.264 e. The lowest BCUT2D eigenvalue weighted by Crippen LogP contribution is -1.84. The lowest BCUT2D eigenvalue weighted by atomic mass is 10.1. The van der Waals surface area contributed by atoms with E-state index in [0.717, 1.165) is 6.42 Å². The Morgan fingerprint density at radius 2 is 2.27 bits per heavy atom. The fourth-order valence-corrected chi connectivity index (χ4v) is 0.983. The molecular formula is C10H13N. The van der Waals surface area contributed by atoms with Crippen LogP contribution in [0.25, 0.3) is 0 Å². The van der Waals surface area contributed by atoms with Gasteiger partial charge in [0.2, 0.25) is 0 Å². The van der Waals surface area contributed by atoms with Crippen molar-refractivity contribution < 1.29 is 0 Å². The van der Waals surface area contributed by atoms with E-state index in [4.69, 9.17) is 0 Å². The van der Waals surface area contributed by atoms with E-state index in [9.17, 15) is 0 Å². The highest BCUT2D eigenvalue weighted by Gasteiger charge is 1.89. The quantitative estimate of drug-likeness (QED) is 0.586. The second kappa shape index (κ2) is 3.91. The Kier molecular flexibility index (Phi) is 2.84. The van der Waals surface area contributed by atoms with E-state index in [0.29, 0.717) is 0 Å². The molecule has 1 heterocycles. The second-order valence-electron chi connectivity index (χ2n) is 2.64. The zero-order valence-electron chi connectivity index (χ0n) is 7.04. The third-order valence-electron chi connectivity index (χ3n) is 1.52. The van der Waals surface area contributed by atoms with Crippen molar-refractivity contribution in [3.8, 4) is 0 Å². The van der Waals surface area contributed by atoms with Gasteiger partial charge in [-0.3, -0.25) is 4.98 Å². The Labute approximate surface area is 67.8 Å². The summed E-state index contributed by atoms with van der Waals surface area (Å²) in [5, 5.41) is 0. The number of aryl methyl sites for hydroxylation is 1. The molecule has 1 aromatic heterocycles. The highest BCUT2D eigenvalue weighted by atomic mass is 14.6. The molecule has 1 aromatic rings. The summed E-state index contributed by atoms with van der Waals surface area (Å²) in [5.74, 6) is 0. The maximum atomic E-state index is 4.10. The first kappa shape index (κ1) is 7.99. The van der Waals surface area contributed by atoms with Crippen LogP contribution in [0.1, 0.15) is 18.1 Å². The van der Waals surface area contributed by atoms with Gasteiger partial charge in [-0.05, 0) is 31.4 Å². The van der Waals surface area contributed by atoms with Gasteiger partial charge in [-0.15, -0.1) is 0 Å². The molecule has 0 atom stereocenters. The van der Waals surface area contributed by atoms with E-state index in [1.54, 1.807) is 0 Å². The molecule has 0 aromatic carbocycles. The van der Waals surface area contributed by atoms with Crippen LogP contribution in [0.5, 0.6) is 0 Å². The lowest BCUT2D eigenvalue weighted by molar-refractivity contribution is 1.16. The molecule has 0 amide bonds. The van der Waals surface area contributed by atoms with Crippen molar-refractivity contribution in [2.45, 2.75) is 20.3 Å². The summed E-state index contributed by atoms with van der Waals surface area (Å²) in [7, 11) is 0. The number of allylic oxidation sites excluding steroid dienone is 2. The molecule has 1 nitrogen and oxygen atoms in total. The number of pyridine rings is 1. The van der Waals surface area contributed by atoms with Crippen molar-refractivity contribution in [3.05, 3.63) is 41.7 Å². The molecule has 0 aliphatic rings. The fraction of sp³-hybridized carbons (Fsp3) is 0.300. The normalized spacial score (nSPS) is 10.7. The van der Waals surface area contributed by atoms with Gasteiger partial charge in [-0.2, -0.15) is 0 Å². The van der Waals surface area contributed by atoms with E-state index >= 15 is 0 Å². The number of aromatic nitrogens is 1. The maximum absolute atomic E-state index is 4.10. The summed E-state index contributed by atoms with van der Waals surface area (Å²) in [6.07, 6.45) is 8.97. The van der Waals surface area contributed by atoms with Gasteiger partial charge in [0.15, 0.2) is 0 Å². The predicted molar refractivity (Wildman–Crippen MR) is 47.5 cm³/mol. The molecule has 0 saturated carbocycles. The first-order valence-corrected chi connectivity index (χ1v) is 3.84. The smallest absolute Gasteiger partial charge is 0.0303 e. The van der Waals surface area contributed by atoms with Crippen LogP contribution in [0.3, 0.4) is 0 Å². The van der Waals surface area contributed by atoms with Crippen molar-refractivity contribution >= 4 is 0 Å². The average molecular weight is 147 g/mol. The summed E-state index contributed by atoms with van der Waals surface area (Å²) in [5.41, 5.74) is 2.51. The third kappa shape index (κ3) is 2.54. The highest BCUT2D eigenvalue weighted by molar-refractivity contribution is 5.18. The second-order valence-corrected chi connectivity index (χ2v) is 2.64. The third-order valence-corrected chi connectivity index (χ3v) is 1.52. The van der Waals surface area contributed by atoms with Crippen molar-refractivity contribution in [1.29, 1.82) is 0 Å². The zero-order chi connectivity index (χ0) is 8.10. The van der Waals surface area contributed by atoms with E-state index in [2.05, 4.69) is 30.1 Å². The van der Waals surface area contributed by atoms with Crippen molar-refractivity contribution in [3.63, 3.8) is 0 Å². The summed E-state index contributed by atoms with van der Waals surface area (Å²) in [4.78, 5) is 4.10. The Hall–Kier alpha value is -1.11.